The highest BCUT2D eigenvalue weighted by Gasteiger charge is 2.47. The van der Waals surface area contributed by atoms with Crippen LogP contribution >= 0.6 is 11.6 Å². The number of piperazine rings is 1. The van der Waals surface area contributed by atoms with Gasteiger partial charge in [-0.05, 0) is 25.8 Å². The molecule has 0 aromatic carbocycles. The molecular weight excluding hydrogens is 392 g/mol. The molecule has 4 saturated heterocycles. The largest absolute Gasteiger partial charge is 0.350 e. The van der Waals surface area contributed by atoms with E-state index in [4.69, 9.17) is 17.3 Å². The second kappa shape index (κ2) is 8.55. The summed E-state index contributed by atoms with van der Waals surface area (Å²) in [4.78, 5) is 18.5. The Labute approximate surface area is 178 Å². The van der Waals surface area contributed by atoms with E-state index in [1.807, 2.05) is 5.01 Å². The Morgan fingerprint density at radius 3 is 2.59 bits per heavy atom. The second-order valence-electron chi connectivity index (χ2n) is 9.26. The first-order chi connectivity index (χ1) is 14.1. The zero-order chi connectivity index (χ0) is 20.0. The molecule has 6 unspecified atom stereocenters. The van der Waals surface area contributed by atoms with E-state index in [0.717, 1.165) is 51.7 Å². The van der Waals surface area contributed by atoms with Crippen LogP contribution in [0.1, 0.15) is 19.3 Å². The summed E-state index contributed by atoms with van der Waals surface area (Å²) in [5.74, 6) is -0.290. The molecule has 1 aliphatic carbocycles. The summed E-state index contributed by atoms with van der Waals surface area (Å²) in [7, 11) is 0. The van der Waals surface area contributed by atoms with Crippen LogP contribution < -0.4 is 27.1 Å². The lowest BCUT2D eigenvalue weighted by molar-refractivity contribution is -0.128. The summed E-state index contributed by atoms with van der Waals surface area (Å²) in [6.45, 7) is 7.75. The van der Waals surface area contributed by atoms with E-state index in [9.17, 15) is 4.79 Å². The van der Waals surface area contributed by atoms with Crippen molar-refractivity contribution < 1.29 is 4.79 Å². The maximum absolute atomic E-state index is 13.3. The third-order valence-electron chi connectivity index (χ3n) is 7.28. The molecule has 1 amide bonds. The second-order valence-corrected chi connectivity index (χ2v) is 9.88. The lowest BCUT2D eigenvalue weighted by atomic mass is 9.95. The fourth-order valence-corrected chi connectivity index (χ4v) is 5.80. The maximum atomic E-state index is 13.3. The van der Waals surface area contributed by atoms with Crippen LogP contribution in [0.15, 0.2) is 0 Å². The Hall–Kier alpha value is -0.520. The van der Waals surface area contributed by atoms with Crippen LogP contribution in [0.2, 0.25) is 0 Å². The molecule has 6 N–H and O–H groups in total. The molecular formula is C19H35ClN8O. The van der Waals surface area contributed by atoms with Gasteiger partial charge in [0.2, 0.25) is 5.91 Å². The number of rotatable bonds is 4. The number of nitrogens with two attached hydrogens (primary N) is 1. The highest BCUT2D eigenvalue weighted by Crippen LogP contribution is 2.28. The van der Waals surface area contributed by atoms with Gasteiger partial charge in [0.15, 0.2) is 0 Å². The molecule has 0 bridgehead atoms. The van der Waals surface area contributed by atoms with Gasteiger partial charge in [-0.1, -0.05) is 0 Å². The van der Waals surface area contributed by atoms with Crippen molar-refractivity contribution in [2.75, 3.05) is 52.4 Å². The average molecular weight is 427 g/mol. The van der Waals surface area contributed by atoms with Crippen molar-refractivity contribution in [2.24, 2.45) is 11.7 Å². The third kappa shape index (κ3) is 4.29. The van der Waals surface area contributed by atoms with Crippen LogP contribution in [0.5, 0.6) is 0 Å². The van der Waals surface area contributed by atoms with Gasteiger partial charge in [0.25, 0.3) is 0 Å². The van der Waals surface area contributed by atoms with E-state index < -0.39 is 6.17 Å². The van der Waals surface area contributed by atoms with Crippen LogP contribution in [0, 0.1) is 5.92 Å². The van der Waals surface area contributed by atoms with Crippen molar-refractivity contribution >= 4 is 17.5 Å². The number of amides is 1. The van der Waals surface area contributed by atoms with Crippen molar-refractivity contribution in [2.45, 2.75) is 55.1 Å². The van der Waals surface area contributed by atoms with Gasteiger partial charge < -0.3 is 16.4 Å². The smallest absolute Gasteiger partial charge is 0.229 e. The van der Waals surface area contributed by atoms with Crippen LogP contribution in [0.3, 0.4) is 0 Å². The van der Waals surface area contributed by atoms with Gasteiger partial charge in [0, 0.05) is 57.9 Å². The minimum absolute atomic E-state index is 0.0222. The third-order valence-corrected chi connectivity index (χ3v) is 7.57. The molecule has 6 atom stereocenters. The molecule has 5 aliphatic rings. The summed E-state index contributed by atoms with van der Waals surface area (Å²) in [5, 5.41) is 12.2. The number of carbonyl (C=O) groups is 1. The molecule has 5 rings (SSSR count). The lowest BCUT2D eigenvalue weighted by Crippen LogP contribution is -2.65. The number of fused-ring (bicyclic) bond motifs is 1. The van der Waals surface area contributed by atoms with Crippen LogP contribution in [0.25, 0.3) is 0 Å². The number of hydrogen-bond acceptors (Lipinski definition) is 8. The van der Waals surface area contributed by atoms with Crippen LogP contribution in [0.4, 0.5) is 0 Å². The van der Waals surface area contributed by atoms with Gasteiger partial charge in [-0.2, -0.15) is 0 Å². The Balaban J connectivity index is 1.20. The topological polar surface area (TPSA) is 101 Å². The van der Waals surface area contributed by atoms with Gasteiger partial charge >= 0.3 is 0 Å². The Morgan fingerprint density at radius 2 is 1.83 bits per heavy atom. The van der Waals surface area contributed by atoms with Crippen molar-refractivity contribution in [3.63, 3.8) is 0 Å². The van der Waals surface area contributed by atoms with Crippen molar-refractivity contribution in [1.82, 2.24) is 36.2 Å². The molecule has 0 spiro atoms. The van der Waals surface area contributed by atoms with E-state index in [2.05, 4.69) is 31.2 Å². The average Bonchev–Trinajstić information content (AvgIpc) is 3.51. The first-order valence-corrected chi connectivity index (χ1v) is 11.7. The predicted octanol–water partition coefficient (Wildman–Crippen LogP) is -2.13. The van der Waals surface area contributed by atoms with Gasteiger partial charge in [-0.25, -0.2) is 10.4 Å². The van der Waals surface area contributed by atoms with Crippen molar-refractivity contribution in [3.8, 4) is 0 Å². The molecule has 164 valence electrons. The molecule has 9 nitrogen and oxygen atoms in total. The van der Waals surface area contributed by atoms with Gasteiger partial charge in [0.05, 0.1) is 29.7 Å². The number of nitrogens with one attached hydrogen (secondary N) is 4. The molecule has 29 heavy (non-hydrogen) atoms. The quantitative estimate of drug-likeness (QED) is 0.325. The molecule has 4 aliphatic heterocycles. The minimum Gasteiger partial charge on any atom is -0.350 e. The molecule has 5 fully saturated rings. The first-order valence-electron chi connectivity index (χ1n) is 11.2. The SMILES string of the molecule is NC1NN2CC(Cl)CNC2C1C(=O)NC1CNCCC1N1CCN(C2CC2)CC1. The van der Waals surface area contributed by atoms with Gasteiger partial charge in [-0.15, -0.1) is 11.6 Å². The number of piperidine rings is 1. The zero-order valence-corrected chi connectivity index (χ0v) is 17.8. The molecule has 1 saturated carbocycles. The van der Waals surface area contributed by atoms with Gasteiger partial charge in [-0.3, -0.25) is 19.9 Å². The number of nitrogens with zero attached hydrogens (tertiary/aromatic N) is 3. The number of hydrazine groups is 1. The zero-order valence-electron chi connectivity index (χ0n) is 17.0. The van der Waals surface area contributed by atoms with Gasteiger partial charge in [0.1, 0.15) is 0 Å². The number of halogens is 1. The van der Waals surface area contributed by atoms with Crippen molar-refractivity contribution in [1.29, 1.82) is 0 Å². The monoisotopic (exact) mass is 426 g/mol. The van der Waals surface area contributed by atoms with E-state index >= 15 is 0 Å². The summed E-state index contributed by atoms with van der Waals surface area (Å²) in [6, 6.07) is 1.36. The Morgan fingerprint density at radius 1 is 1.07 bits per heavy atom. The molecule has 0 aromatic heterocycles. The summed E-state index contributed by atoms with van der Waals surface area (Å²) in [5.41, 5.74) is 9.51. The Bertz CT molecular complexity index is 599. The van der Waals surface area contributed by atoms with E-state index in [1.165, 1.54) is 12.8 Å². The number of carbonyl (C=O) groups excluding carboxylic acids is 1. The predicted molar refractivity (Wildman–Crippen MR) is 112 cm³/mol. The standard InChI is InChI=1S/C19H35ClN8O/c20-12-9-23-18-16(17(21)25-28(18)11-12)19(29)24-14-10-22-4-3-15(14)27-7-5-26(6-8-27)13-1-2-13/h12-18,22-23,25H,1-11,21H2,(H,24,29). The van der Waals surface area contributed by atoms with E-state index in [-0.39, 0.29) is 29.4 Å². The van der Waals surface area contributed by atoms with E-state index in [1.54, 1.807) is 0 Å². The van der Waals surface area contributed by atoms with Crippen LogP contribution in [-0.2, 0) is 4.79 Å². The number of hydrogen-bond donors (Lipinski definition) is 5. The summed E-state index contributed by atoms with van der Waals surface area (Å²) >= 11 is 6.25. The Kier molecular flexibility index (Phi) is 6.01. The fraction of sp³-hybridized carbons (Fsp3) is 0.947. The first kappa shape index (κ1) is 20.4. The minimum atomic E-state index is -0.397. The molecule has 0 aromatic rings. The van der Waals surface area contributed by atoms with E-state index in [0.29, 0.717) is 19.1 Å². The van der Waals surface area contributed by atoms with Crippen molar-refractivity contribution in [3.05, 3.63) is 0 Å². The maximum Gasteiger partial charge on any atom is 0.229 e. The number of alkyl halides is 1. The highest BCUT2D eigenvalue weighted by atomic mass is 35.5. The molecule has 0 radical (unpaired) electrons. The van der Waals surface area contributed by atoms with Crippen LogP contribution in [-0.4, -0.2) is 109 Å². The normalized spacial score (nSPS) is 42.6. The summed E-state index contributed by atoms with van der Waals surface area (Å²) < 4.78 is 0. The lowest BCUT2D eigenvalue weighted by Gasteiger charge is -2.45. The molecule has 4 heterocycles. The highest BCUT2D eigenvalue weighted by molar-refractivity contribution is 6.21. The summed E-state index contributed by atoms with van der Waals surface area (Å²) in [6.07, 6.45) is 3.32. The molecule has 10 heteroatoms. The fourth-order valence-electron chi connectivity index (χ4n) is 5.56.